The SMILES string of the molecule is CC(C)NC(C)(CO)CCCOCC1CCCC1. The van der Waals surface area contributed by atoms with Crippen LogP contribution in [0, 0.1) is 5.92 Å². The summed E-state index contributed by atoms with van der Waals surface area (Å²) in [6, 6.07) is 0.404. The fourth-order valence-electron chi connectivity index (χ4n) is 2.89. The molecule has 0 aromatic heterocycles. The number of ether oxygens (including phenoxy) is 1. The van der Waals surface area contributed by atoms with Crippen LogP contribution in [0.2, 0.25) is 0 Å². The van der Waals surface area contributed by atoms with Gasteiger partial charge in [0.1, 0.15) is 0 Å². The largest absolute Gasteiger partial charge is 0.394 e. The highest BCUT2D eigenvalue weighted by Gasteiger charge is 2.23. The topological polar surface area (TPSA) is 41.5 Å². The van der Waals surface area contributed by atoms with E-state index < -0.39 is 0 Å². The van der Waals surface area contributed by atoms with E-state index in [-0.39, 0.29) is 12.1 Å². The Morgan fingerprint density at radius 2 is 2.00 bits per heavy atom. The van der Waals surface area contributed by atoms with Crippen LogP contribution < -0.4 is 5.32 Å². The van der Waals surface area contributed by atoms with Crippen LogP contribution in [0.5, 0.6) is 0 Å². The number of hydrogen-bond donors (Lipinski definition) is 2. The van der Waals surface area contributed by atoms with Gasteiger partial charge in [0.05, 0.1) is 6.61 Å². The van der Waals surface area contributed by atoms with Gasteiger partial charge in [-0.05, 0) is 38.5 Å². The summed E-state index contributed by atoms with van der Waals surface area (Å²) in [7, 11) is 0. The van der Waals surface area contributed by atoms with Gasteiger partial charge in [-0.15, -0.1) is 0 Å². The summed E-state index contributed by atoms with van der Waals surface area (Å²) < 4.78 is 5.75. The molecule has 3 heteroatoms. The average Bonchev–Trinajstić information content (AvgIpc) is 2.80. The van der Waals surface area contributed by atoms with Crippen LogP contribution in [-0.2, 0) is 4.74 Å². The number of rotatable bonds is 9. The molecule has 0 aromatic carbocycles. The highest BCUT2D eigenvalue weighted by atomic mass is 16.5. The van der Waals surface area contributed by atoms with Gasteiger partial charge in [-0.2, -0.15) is 0 Å². The molecule has 3 nitrogen and oxygen atoms in total. The van der Waals surface area contributed by atoms with E-state index in [0.29, 0.717) is 6.04 Å². The van der Waals surface area contributed by atoms with Crippen molar-refractivity contribution < 1.29 is 9.84 Å². The number of hydrogen-bond acceptors (Lipinski definition) is 3. The van der Waals surface area contributed by atoms with Crippen LogP contribution in [0.3, 0.4) is 0 Å². The van der Waals surface area contributed by atoms with Gasteiger partial charge in [0.25, 0.3) is 0 Å². The molecule has 1 unspecified atom stereocenters. The predicted molar refractivity (Wildman–Crippen MR) is 75.8 cm³/mol. The summed E-state index contributed by atoms with van der Waals surface area (Å²) >= 11 is 0. The Labute approximate surface area is 112 Å². The smallest absolute Gasteiger partial charge is 0.0610 e. The Kier molecular flexibility index (Phi) is 7.20. The zero-order valence-electron chi connectivity index (χ0n) is 12.4. The number of aliphatic hydroxyl groups is 1. The van der Waals surface area contributed by atoms with Gasteiger partial charge in [0.15, 0.2) is 0 Å². The lowest BCUT2D eigenvalue weighted by Gasteiger charge is -2.31. The van der Waals surface area contributed by atoms with Crippen molar-refractivity contribution >= 4 is 0 Å². The van der Waals surface area contributed by atoms with Gasteiger partial charge in [-0.1, -0.05) is 26.7 Å². The summed E-state index contributed by atoms with van der Waals surface area (Å²) in [5.41, 5.74) is -0.162. The fraction of sp³-hybridized carbons (Fsp3) is 1.00. The maximum absolute atomic E-state index is 9.46. The molecule has 0 spiro atoms. The molecule has 1 aliphatic rings. The lowest BCUT2D eigenvalue weighted by Crippen LogP contribution is -2.49. The molecular formula is C15H31NO2. The van der Waals surface area contributed by atoms with E-state index in [1.165, 1.54) is 25.7 Å². The van der Waals surface area contributed by atoms with Crippen molar-refractivity contribution in [1.82, 2.24) is 5.32 Å². The van der Waals surface area contributed by atoms with Crippen molar-refractivity contribution in [3.63, 3.8) is 0 Å². The third-order valence-electron chi connectivity index (χ3n) is 3.83. The third-order valence-corrected chi connectivity index (χ3v) is 3.83. The molecular weight excluding hydrogens is 226 g/mol. The second-order valence-corrected chi connectivity index (χ2v) is 6.35. The van der Waals surface area contributed by atoms with Gasteiger partial charge < -0.3 is 15.2 Å². The fourth-order valence-corrected chi connectivity index (χ4v) is 2.89. The summed E-state index contributed by atoms with van der Waals surface area (Å²) in [4.78, 5) is 0. The van der Waals surface area contributed by atoms with Crippen molar-refractivity contribution in [1.29, 1.82) is 0 Å². The lowest BCUT2D eigenvalue weighted by atomic mass is 9.96. The quantitative estimate of drug-likeness (QED) is 0.624. The molecule has 1 aliphatic carbocycles. The molecule has 0 bridgehead atoms. The van der Waals surface area contributed by atoms with E-state index in [2.05, 4.69) is 26.1 Å². The van der Waals surface area contributed by atoms with Crippen LogP contribution in [0.15, 0.2) is 0 Å². The first-order valence-electron chi connectivity index (χ1n) is 7.52. The monoisotopic (exact) mass is 257 g/mol. The molecule has 0 aromatic rings. The van der Waals surface area contributed by atoms with Crippen LogP contribution in [0.25, 0.3) is 0 Å². The van der Waals surface area contributed by atoms with E-state index in [1.807, 2.05) is 0 Å². The van der Waals surface area contributed by atoms with Crippen LogP contribution in [0.1, 0.15) is 59.3 Å². The minimum absolute atomic E-state index is 0.162. The summed E-state index contributed by atoms with van der Waals surface area (Å²) in [6.07, 6.45) is 7.45. The van der Waals surface area contributed by atoms with Crippen molar-refractivity contribution in [3.8, 4) is 0 Å². The Balaban J connectivity index is 2.07. The summed E-state index contributed by atoms with van der Waals surface area (Å²) in [5, 5.41) is 12.9. The Bertz CT molecular complexity index is 215. The molecule has 108 valence electrons. The predicted octanol–water partition coefficient (Wildman–Crippen LogP) is 2.72. The normalized spacial score (nSPS) is 20.5. The van der Waals surface area contributed by atoms with Crippen LogP contribution >= 0.6 is 0 Å². The molecule has 0 aliphatic heterocycles. The van der Waals surface area contributed by atoms with Crippen molar-refractivity contribution in [2.75, 3.05) is 19.8 Å². The zero-order valence-corrected chi connectivity index (χ0v) is 12.4. The van der Waals surface area contributed by atoms with E-state index >= 15 is 0 Å². The van der Waals surface area contributed by atoms with Crippen LogP contribution in [0.4, 0.5) is 0 Å². The minimum Gasteiger partial charge on any atom is -0.394 e. The highest BCUT2D eigenvalue weighted by molar-refractivity contribution is 4.83. The zero-order chi connectivity index (χ0) is 13.4. The molecule has 2 N–H and O–H groups in total. The van der Waals surface area contributed by atoms with Gasteiger partial charge >= 0.3 is 0 Å². The molecule has 0 heterocycles. The Morgan fingerprint density at radius 1 is 1.33 bits per heavy atom. The second-order valence-electron chi connectivity index (χ2n) is 6.35. The van der Waals surface area contributed by atoms with E-state index in [9.17, 15) is 5.11 Å². The minimum atomic E-state index is -0.162. The van der Waals surface area contributed by atoms with Gasteiger partial charge in [-0.25, -0.2) is 0 Å². The summed E-state index contributed by atoms with van der Waals surface area (Å²) in [5.74, 6) is 0.808. The number of nitrogens with one attached hydrogen (secondary N) is 1. The first-order chi connectivity index (χ1) is 8.56. The molecule has 0 radical (unpaired) electrons. The molecule has 1 saturated carbocycles. The summed E-state index contributed by atoms with van der Waals surface area (Å²) in [6.45, 7) is 8.27. The van der Waals surface area contributed by atoms with Crippen molar-refractivity contribution in [2.24, 2.45) is 5.92 Å². The molecule has 0 amide bonds. The van der Waals surface area contributed by atoms with Gasteiger partial charge in [0, 0.05) is 24.8 Å². The van der Waals surface area contributed by atoms with Crippen molar-refractivity contribution in [3.05, 3.63) is 0 Å². The van der Waals surface area contributed by atoms with Crippen LogP contribution in [-0.4, -0.2) is 36.5 Å². The van der Waals surface area contributed by atoms with Crippen molar-refractivity contribution in [2.45, 2.75) is 70.9 Å². The Hall–Kier alpha value is -0.120. The van der Waals surface area contributed by atoms with E-state index in [0.717, 1.165) is 32.0 Å². The van der Waals surface area contributed by atoms with Gasteiger partial charge in [-0.3, -0.25) is 0 Å². The molecule has 1 atom stereocenters. The first-order valence-corrected chi connectivity index (χ1v) is 7.52. The maximum Gasteiger partial charge on any atom is 0.0610 e. The molecule has 1 fully saturated rings. The maximum atomic E-state index is 9.46. The Morgan fingerprint density at radius 3 is 2.56 bits per heavy atom. The number of aliphatic hydroxyl groups excluding tert-OH is 1. The first kappa shape index (κ1) is 15.9. The standard InChI is InChI=1S/C15H31NO2/c1-13(2)16-15(3,12-17)9-6-10-18-11-14-7-4-5-8-14/h13-14,16-17H,4-12H2,1-3H3. The molecule has 1 rings (SSSR count). The average molecular weight is 257 g/mol. The molecule has 18 heavy (non-hydrogen) atoms. The highest BCUT2D eigenvalue weighted by Crippen LogP contribution is 2.24. The second kappa shape index (κ2) is 8.13. The van der Waals surface area contributed by atoms with E-state index in [1.54, 1.807) is 0 Å². The van der Waals surface area contributed by atoms with E-state index in [4.69, 9.17) is 4.74 Å². The molecule has 0 saturated heterocycles. The third kappa shape index (κ3) is 6.17. The van der Waals surface area contributed by atoms with Gasteiger partial charge in [0.2, 0.25) is 0 Å². The lowest BCUT2D eigenvalue weighted by molar-refractivity contribution is 0.0850.